The van der Waals surface area contributed by atoms with Crippen molar-refractivity contribution in [1.29, 1.82) is 0 Å². The molecule has 1 saturated heterocycles. The molecule has 1 saturated carbocycles. The lowest BCUT2D eigenvalue weighted by molar-refractivity contribution is -0.135. The summed E-state index contributed by atoms with van der Waals surface area (Å²) in [4.78, 5) is 28.6. The van der Waals surface area contributed by atoms with E-state index in [1.54, 1.807) is 11.8 Å². The fourth-order valence-corrected chi connectivity index (χ4v) is 5.96. The molecule has 2 aromatic rings. The first-order valence-corrected chi connectivity index (χ1v) is 12.0. The number of thioether (sulfide) groups is 1. The maximum Gasteiger partial charge on any atom is 0.261 e. The number of carbonyl (C=O) groups is 2. The minimum absolute atomic E-state index is 0.00848. The molecule has 2 unspecified atom stereocenters. The van der Waals surface area contributed by atoms with Crippen molar-refractivity contribution < 1.29 is 9.59 Å². The molecule has 2 aliphatic rings. The molecule has 0 radical (unpaired) electrons. The van der Waals surface area contributed by atoms with Crippen molar-refractivity contribution >= 4 is 29.7 Å². The normalized spacial score (nSPS) is 22.3. The zero-order chi connectivity index (χ0) is 21.6. The highest BCUT2D eigenvalue weighted by Gasteiger charge is 2.41. The third kappa shape index (κ3) is 5.59. The number of hydrogen-bond donors (Lipinski definition) is 1. The van der Waals surface area contributed by atoms with E-state index in [0.717, 1.165) is 36.2 Å². The van der Waals surface area contributed by atoms with Crippen LogP contribution in [0.2, 0.25) is 0 Å². The molecular formula is C26H30N2O2S. The molecule has 4 rings (SSSR count). The van der Waals surface area contributed by atoms with Crippen LogP contribution in [0.3, 0.4) is 0 Å². The molecule has 1 heterocycles. The summed E-state index contributed by atoms with van der Waals surface area (Å²) < 4.78 is 0. The van der Waals surface area contributed by atoms with Gasteiger partial charge in [0.1, 0.15) is 6.54 Å². The molecule has 2 atom stereocenters. The van der Waals surface area contributed by atoms with Crippen LogP contribution >= 0.6 is 11.8 Å². The van der Waals surface area contributed by atoms with Crippen molar-refractivity contribution in [3.05, 3.63) is 76.2 Å². The van der Waals surface area contributed by atoms with Crippen LogP contribution in [0.1, 0.15) is 42.4 Å². The molecule has 2 fully saturated rings. The van der Waals surface area contributed by atoms with Crippen LogP contribution in [0.25, 0.3) is 6.08 Å². The Morgan fingerprint density at radius 3 is 2.74 bits per heavy atom. The Morgan fingerprint density at radius 1 is 1.13 bits per heavy atom. The van der Waals surface area contributed by atoms with E-state index in [4.69, 9.17) is 0 Å². The Bertz CT molecular complexity index is 957. The highest BCUT2D eigenvalue weighted by molar-refractivity contribution is 8.04. The lowest BCUT2D eigenvalue weighted by atomic mass is 9.93. The van der Waals surface area contributed by atoms with Gasteiger partial charge >= 0.3 is 0 Å². The van der Waals surface area contributed by atoms with E-state index in [9.17, 15) is 9.59 Å². The monoisotopic (exact) mass is 434 g/mol. The van der Waals surface area contributed by atoms with Gasteiger partial charge in [-0.25, -0.2) is 0 Å². The average Bonchev–Trinajstić information content (AvgIpc) is 2.77. The van der Waals surface area contributed by atoms with Gasteiger partial charge in [-0.05, 0) is 43.4 Å². The molecule has 1 aliphatic carbocycles. The molecule has 1 aliphatic heterocycles. The van der Waals surface area contributed by atoms with Gasteiger partial charge in [0.2, 0.25) is 5.91 Å². The molecule has 0 bridgehead atoms. The second-order valence-corrected chi connectivity index (χ2v) is 9.73. The lowest BCUT2D eigenvalue weighted by Crippen LogP contribution is -2.54. The highest BCUT2D eigenvalue weighted by Crippen LogP contribution is 2.42. The van der Waals surface area contributed by atoms with E-state index >= 15 is 0 Å². The van der Waals surface area contributed by atoms with Gasteiger partial charge in [-0.1, -0.05) is 73.0 Å². The minimum atomic E-state index is -0.0729. The Hall–Kier alpha value is -2.53. The Balaban J connectivity index is 1.42. The van der Waals surface area contributed by atoms with E-state index in [1.807, 2.05) is 47.4 Å². The number of aryl methyl sites for hydroxylation is 1. The Labute approximate surface area is 189 Å². The quantitative estimate of drug-likeness (QED) is 0.677. The van der Waals surface area contributed by atoms with Crippen molar-refractivity contribution in [3.8, 4) is 0 Å². The second kappa shape index (κ2) is 10.2. The maximum absolute atomic E-state index is 13.3. The van der Waals surface area contributed by atoms with Crippen LogP contribution in [0.5, 0.6) is 0 Å². The largest absolute Gasteiger partial charge is 0.354 e. The fourth-order valence-electron chi connectivity index (χ4n) is 4.49. The van der Waals surface area contributed by atoms with Crippen LogP contribution in [0, 0.1) is 6.92 Å². The van der Waals surface area contributed by atoms with Gasteiger partial charge in [0, 0.05) is 17.8 Å². The predicted octanol–water partition coefficient (Wildman–Crippen LogP) is 4.58. The van der Waals surface area contributed by atoms with E-state index in [2.05, 4.69) is 30.4 Å². The van der Waals surface area contributed by atoms with Crippen molar-refractivity contribution in [2.24, 2.45) is 0 Å². The molecular weight excluding hydrogens is 404 g/mol. The predicted molar refractivity (Wildman–Crippen MR) is 128 cm³/mol. The molecule has 5 heteroatoms. The Kier molecular flexibility index (Phi) is 7.13. The molecule has 2 amide bonds. The summed E-state index contributed by atoms with van der Waals surface area (Å²) in [5, 5.41) is 3.40. The lowest BCUT2D eigenvalue weighted by Gasteiger charge is -2.43. The number of hydrogen-bond acceptors (Lipinski definition) is 3. The minimum Gasteiger partial charge on any atom is -0.354 e. The smallest absolute Gasteiger partial charge is 0.261 e. The average molecular weight is 435 g/mol. The molecule has 1 N–H and O–H groups in total. The highest BCUT2D eigenvalue weighted by atomic mass is 32.2. The van der Waals surface area contributed by atoms with Crippen LogP contribution in [0.15, 0.2) is 59.5 Å². The first-order chi connectivity index (χ1) is 15.1. The summed E-state index contributed by atoms with van der Waals surface area (Å²) in [6.45, 7) is 2.80. The number of nitrogens with zero attached hydrogens (tertiary/aromatic N) is 1. The SMILES string of the molecule is Cc1cccc(CCNC(=O)CN2C(=O)/C(=C/c3ccccc3)SC3CCCCC32)c1. The summed E-state index contributed by atoms with van der Waals surface area (Å²) in [5.74, 6) is -0.0814. The molecule has 4 nitrogen and oxygen atoms in total. The Morgan fingerprint density at radius 2 is 1.94 bits per heavy atom. The summed E-state index contributed by atoms with van der Waals surface area (Å²) in [6, 6.07) is 18.4. The van der Waals surface area contributed by atoms with Crippen LogP contribution in [-0.4, -0.2) is 41.1 Å². The number of rotatable bonds is 6. The molecule has 0 aromatic heterocycles. The van der Waals surface area contributed by atoms with E-state index in [-0.39, 0.29) is 24.4 Å². The fraction of sp³-hybridized carbons (Fsp3) is 0.385. The number of amides is 2. The third-order valence-corrected chi connectivity index (χ3v) is 7.45. The van der Waals surface area contributed by atoms with Crippen LogP contribution in [0.4, 0.5) is 0 Å². The van der Waals surface area contributed by atoms with Gasteiger partial charge in [-0.3, -0.25) is 9.59 Å². The zero-order valence-electron chi connectivity index (χ0n) is 18.0. The number of nitrogens with one attached hydrogen (secondary N) is 1. The first kappa shape index (κ1) is 21.7. The van der Waals surface area contributed by atoms with Crippen molar-refractivity contribution in [3.63, 3.8) is 0 Å². The summed E-state index contributed by atoms with van der Waals surface area (Å²) in [7, 11) is 0. The van der Waals surface area contributed by atoms with E-state index < -0.39 is 0 Å². The summed E-state index contributed by atoms with van der Waals surface area (Å²) in [6.07, 6.45) is 7.16. The van der Waals surface area contributed by atoms with Crippen molar-refractivity contribution in [2.45, 2.75) is 50.3 Å². The maximum atomic E-state index is 13.3. The van der Waals surface area contributed by atoms with Crippen molar-refractivity contribution in [2.75, 3.05) is 13.1 Å². The van der Waals surface area contributed by atoms with Gasteiger partial charge in [-0.15, -0.1) is 11.8 Å². The number of benzene rings is 2. The molecule has 2 aromatic carbocycles. The first-order valence-electron chi connectivity index (χ1n) is 11.2. The van der Waals surface area contributed by atoms with Gasteiger partial charge < -0.3 is 10.2 Å². The second-order valence-electron chi connectivity index (χ2n) is 8.45. The van der Waals surface area contributed by atoms with Gasteiger partial charge in [-0.2, -0.15) is 0 Å². The topological polar surface area (TPSA) is 49.4 Å². The molecule has 31 heavy (non-hydrogen) atoms. The van der Waals surface area contributed by atoms with Gasteiger partial charge in [0.05, 0.1) is 4.91 Å². The standard InChI is InChI=1S/C26H30N2O2S/c1-19-8-7-11-21(16-19)14-15-27-25(29)18-28-22-12-5-6-13-23(22)31-24(26(28)30)17-20-9-3-2-4-10-20/h2-4,7-11,16-17,22-23H,5-6,12-15,18H2,1H3,(H,27,29)/b24-17-. The number of fused-ring (bicyclic) bond motifs is 1. The zero-order valence-corrected chi connectivity index (χ0v) is 18.9. The van der Waals surface area contributed by atoms with Crippen LogP contribution < -0.4 is 5.32 Å². The van der Waals surface area contributed by atoms with Gasteiger partial charge in [0.15, 0.2) is 0 Å². The summed E-state index contributed by atoms with van der Waals surface area (Å²) in [5.41, 5.74) is 3.46. The van der Waals surface area contributed by atoms with E-state index in [1.165, 1.54) is 17.5 Å². The number of carbonyl (C=O) groups excluding carboxylic acids is 2. The van der Waals surface area contributed by atoms with Crippen molar-refractivity contribution in [1.82, 2.24) is 10.2 Å². The molecule has 0 spiro atoms. The summed E-state index contributed by atoms with van der Waals surface area (Å²) >= 11 is 1.70. The van der Waals surface area contributed by atoms with Gasteiger partial charge in [0.25, 0.3) is 5.91 Å². The molecule has 162 valence electrons. The van der Waals surface area contributed by atoms with E-state index in [0.29, 0.717) is 11.8 Å². The van der Waals surface area contributed by atoms with Crippen LogP contribution in [-0.2, 0) is 16.0 Å². The third-order valence-electron chi connectivity index (χ3n) is 6.05.